The largest absolute Gasteiger partial charge is 0.497 e. The number of ether oxygens (including phenoxy) is 1. The number of rotatable bonds is 4. The van der Waals surface area contributed by atoms with E-state index in [9.17, 15) is 0 Å². The minimum absolute atomic E-state index is 0.309. The lowest BCUT2D eigenvalue weighted by molar-refractivity contribution is 0.182. The highest BCUT2D eigenvalue weighted by molar-refractivity contribution is 5.31. The van der Waals surface area contributed by atoms with Gasteiger partial charge < -0.3 is 15.4 Å². The number of hydrogen-bond donors (Lipinski definition) is 1. The molecule has 0 bridgehead atoms. The Morgan fingerprint density at radius 1 is 1.32 bits per heavy atom. The van der Waals surface area contributed by atoms with Crippen molar-refractivity contribution in [1.29, 1.82) is 0 Å². The van der Waals surface area contributed by atoms with Crippen molar-refractivity contribution in [1.82, 2.24) is 4.90 Å². The van der Waals surface area contributed by atoms with Crippen LogP contribution in [0.5, 0.6) is 5.75 Å². The Bertz CT molecular complexity index is 429. The van der Waals surface area contributed by atoms with Gasteiger partial charge in [-0.3, -0.25) is 0 Å². The molecule has 3 nitrogen and oxygen atoms in total. The molecule has 1 aliphatic heterocycles. The average molecular weight is 260 g/mol. The zero-order valence-corrected chi connectivity index (χ0v) is 11.7. The van der Waals surface area contributed by atoms with Crippen LogP contribution in [0, 0.1) is 5.92 Å². The fourth-order valence-electron chi connectivity index (χ4n) is 3.18. The average Bonchev–Trinajstić information content (AvgIpc) is 3.22. The van der Waals surface area contributed by atoms with Crippen molar-refractivity contribution in [3.8, 4) is 5.75 Å². The second-order valence-corrected chi connectivity index (χ2v) is 6.13. The van der Waals surface area contributed by atoms with Crippen LogP contribution in [0.3, 0.4) is 0 Å². The first-order valence-electron chi connectivity index (χ1n) is 7.36. The molecule has 2 aliphatic rings. The molecule has 3 rings (SSSR count). The van der Waals surface area contributed by atoms with Crippen LogP contribution < -0.4 is 10.5 Å². The van der Waals surface area contributed by atoms with Crippen LogP contribution in [-0.4, -0.2) is 37.7 Å². The molecular formula is C16H24N2O. The molecule has 1 saturated carbocycles. The maximum atomic E-state index is 6.25. The Morgan fingerprint density at radius 3 is 2.89 bits per heavy atom. The third-order valence-electron chi connectivity index (χ3n) is 4.34. The topological polar surface area (TPSA) is 38.5 Å². The number of likely N-dealkylation sites (tertiary alicyclic amines) is 1. The van der Waals surface area contributed by atoms with Crippen LogP contribution in [0.15, 0.2) is 24.3 Å². The minimum Gasteiger partial charge on any atom is -0.497 e. The van der Waals surface area contributed by atoms with Crippen molar-refractivity contribution in [3.63, 3.8) is 0 Å². The molecule has 3 heteroatoms. The summed E-state index contributed by atoms with van der Waals surface area (Å²) in [5, 5.41) is 0. The lowest BCUT2D eigenvalue weighted by Crippen LogP contribution is -2.46. The molecule has 2 N–H and O–H groups in total. The summed E-state index contributed by atoms with van der Waals surface area (Å²) in [4.78, 5) is 2.57. The first kappa shape index (κ1) is 12.9. The van der Waals surface area contributed by atoms with E-state index in [-0.39, 0.29) is 0 Å². The summed E-state index contributed by atoms with van der Waals surface area (Å²) in [5.74, 6) is 2.44. The summed E-state index contributed by atoms with van der Waals surface area (Å²) in [6.07, 6.45) is 3.92. The zero-order valence-electron chi connectivity index (χ0n) is 11.7. The highest BCUT2D eigenvalue weighted by Gasteiger charge is 2.30. The van der Waals surface area contributed by atoms with Gasteiger partial charge in [0.25, 0.3) is 0 Å². The summed E-state index contributed by atoms with van der Waals surface area (Å²) >= 11 is 0. The van der Waals surface area contributed by atoms with Crippen molar-refractivity contribution in [2.75, 3.05) is 26.7 Å². The van der Waals surface area contributed by atoms with E-state index in [0.717, 1.165) is 31.2 Å². The monoisotopic (exact) mass is 260 g/mol. The van der Waals surface area contributed by atoms with E-state index in [0.29, 0.717) is 12.0 Å². The first-order valence-corrected chi connectivity index (χ1v) is 7.36. The molecule has 1 aliphatic carbocycles. The van der Waals surface area contributed by atoms with E-state index in [1.807, 2.05) is 6.07 Å². The molecule has 19 heavy (non-hydrogen) atoms. The Balaban J connectivity index is 1.70. The van der Waals surface area contributed by atoms with Gasteiger partial charge in [0.1, 0.15) is 5.75 Å². The predicted molar refractivity (Wildman–Crippen MR) is 77.5 cm³/mol. The van der Waals surface area contributed by atoms with E-state index in [1.54, 1.807) is 7.11 Å². The van der Waals surface area contributed by atoms with Gasteiger partial charge in [0.15, 0.2) is 0 Å². The fraction of sp³-hybridized carbons (Fsp3) is 0.625. The fourth-order valence-corrected chi connectivity index (χ4v) is 3.18. The number of piperidine rings is 1. The second kappa shape index (κ2) is 5.51. The van der Waals surface area contributed by atoms with Gasteiger partial charge in [-0.1, -0.05) is 12.1 Å². The maximum absolute atomic E-state index is 6.25. The lowest BCUT2D eigenvalue weighted by atomic mass is 9.88. The predicted octanol–water partition coefficient (Wildman–Crippen LogP) is 2.22. The van der Waals surface area contributed by atoms with Crippen LogP contribution in [-0.2, 0) is 0 Å². The summed E-state index contributed by atoms with van der Waals surface area (Å²) < 4.78 is 5.33. The third kappa shape index (κ3) is 3.28. The van der Waals surface area contributed by atoms with Crippen LogP contribution in [0.2, 0.25) is 0 Å². The van der Waals surface area contributed by atoms with Crippen LogP contribution in [0.25, 0.3) is 0 Å². The molecule has 2 unspecified atom stereocenters. The molecular weight excluding hydrogens is 236 g/mol. The van der Waals surface area contributed by atoms with Crippen molar-refractivity contribution in [3.05, 3.63) is 29.8 Å². The Morgan fingerprint density at radius 2 is 2.16 bits per heavy atom. The highest BCUT2D eigenvalue weighted by Crippen LogP contribution is 2.33. The van der Waals surface area contributed by atoms with E-state index in [2.05, 4.69) is 23.1 Å². The van der Waals surface area contributed by atoms with Gasteiger partial charge in [0.05, 0.1) is 7.11 Å². The molecule has 0 aromatic heterocycles. The van der Waals surface area contributed by atoms with Gasteiger partial charge in [-0.05, 0) is 48.8 Å². The third-order valence-corrected chi connectivity index (χ3v) is 4.34. The second-order valence-electron chi connectivity index (χ2n) is 6.13. The number of benzene rings is 1. The summed E-state index contributed by atoms with van der Waals surface area (Å²) in [7, 11) is 1.73. The highest BCUT2D eigenvalue weighted by atomic mass is 16.5. The SMILES string of the molecule is COc1cccc(C2CC(N)CN(CC3CC3)C2)c1. The molecule has 0 spiro atoms. The van der Waals surface area contributed by atoms with Crippen LogP contribution in [0.4, 0.5) is 0 Å². The molecule has 1 aromatic rings. The Kier molecular flexibility index (Phi) is 3.76. The van der Waals surface area contributed by atoms with Gasteiger partial charge in [0, 0.05) is 25.7 Å². The van der Waals surface area contributed by atoms with Crippen molar-refractivity contribution in [2.24, 2.45) is 11.7 Å². The van der Waals surface area contributed by atoms with Gasteiger partial charge in [-0.25, -0.2) is 0 Å². The molecule has 1 heterocycles. The first-order chi connectivity index (χ1) is 9.24. The van der Waals surface area contributed by atoms with E-state index in [4.69, 9.17) is 10.5 Å². The molecule has 0 radical (unpaired) electrons. The van der Waals surface area contributed by atoms with Crippen molar-refractivity contribution in [2.45, 2.75) is 31.2 Å². The number of hydrogen-bond acceptors (Lipinski definition) is 3. The Labute approximate surface area is 115 Å². The van der Waals surface area contributed by atoms with Crippen LogP contribution in [0.1, 0.15) is 30.7 Å². The van der Waals surface area contributed by atoms with Gasteiger partial charge in [-0.15, -0.1) is 0 Å². The number of nitrogens with zero attached hydrogens (tertiary/aromatic N) is 1. The quantitative estimate of drug-likeness (QED) is 0.902. The maximum Gasteiger partial charge on any atom is 0.119 e. The molecule has 0 amide bonds. The smallest absolute Gasteiger partial charge is 0.119 e. The lowest BCUT2D eigenvalue weighted by Gasteiger charge is -2.36. The van der Waals surface area contributed by atoms with Gasteiger partial charge in [-0.2, -0.15) is 0 Å². The normalized spacial score (nSPS) is 28.3. The minimum atomic E-state index is 0.309. The molecule has 1 aromatic carbocycles. The van der Waals surface area contributed by atoms with E-state index in [1.165, 1.54) is 24.9 Å². The summed E-state index contributed by atoms with van der Waals surface area (Å²) in [5.41, 5.74) is 7.62. The number of nitrogens with two attached hydrogens (primary N) is 1. The van der Waals surface area contributed by atoms with Gasteiger partial charge in [0.2, 0.25) is 0 Å². The van der Waals surface area contributed by atoms with Crippen LogP contribution >= 0.6 is 0 Å². The Hall–Kier alpha value is -1.06. The van der Waals surface area contributed by atoms with Gasteiger partial charge >= 0.3 is 0 Å². The van der Waals surface area contributed by atoms with Crippen molar-refractivity contribution >= 4 is 0 Å². The summed E-state index contributed by atoms with van der Waals surface area (Å²) in [6.45, 7) is 3.46. The molecule has 2 atom stereocenters. The zero-order chi connectivity index (χ0) is 13.2. The molecule has 1 saturated heterocycles. The standard InChI is InChI=1S/C16H24N2O/c1-19-16-4-2-3-13(8-16)14-7-15(17)11-18(10-14)9-12-5-6-12/h2-4,8,12,14-15H,5-7,9-11,17H2,1H3. The molecule has 2 fully saturated rings. The van der Waals surface area contributed by atoms with E-state index < -0.39 is 0 Å². The van der Waals surface area contributed by atoms with E-state index >= 15 is 0 Å². The molecule has 104 valence electrons. The number of methoxy groups -OCH3 is 1. The van der Waals surface area contributed by atoms with Crippen molar-refractivity contribution < 1.29 is 4.74 Å². The summed E-state index contributed by atoms with van der Waals surface area (Å²) in [6, 6.07) is 8.77.